The molecule has 3 fully saturated rings. The third-order valence-corrected chi connectivity index (χ3v) is 6.87. The van der Waals surface area contributed by atoms with Crippen LogP contribution in [-0.4, -0.2) is 81.1 Å². The van der Waals surface area contributed by atoms with Crippen molar-refractivity contribution in [2.45, 2.75) is 115 Å². The normalized spacial score (nSPS) is 29.8. The van der Waals surface area contributed by atoms with Crippen LogP contribution < -0.4 is 10.6 Å². The van der Waals surface area contributed by atoms with E-state index in [9.17, 15) is 9.59 Å². The highest BCUT2D eigenvalue weighted by Gasteiger charge is 2.46. The number of rotatable bonds is 2. The first-order valence-electron chi connectivity index (χ1n) is 11.4. The van der Waals surface area contributed by atoms with Crippen molar-refractivity contribution in [2.24, 2.45) is 0 Å². The molecule has 0 unspecified atom stereocenters. The summed E-state index contributed by atoms with van der Waals surface area (Å²) in [6.07, 6.45) is 3.55. The first kappa shape index (κ1) is 23.3. The Bertz CT molecular complexity index is 610. The molecule has 3 heterocycles. The predicted molar refractivity (Wildman–Crippen MR) is 121 cm³/mol. The second-order valence-electron chi connectivity index (χ2n) is 12.4. The van der Waals surface area contributed by atoms with Crippen LogP contribution in [0.15, 0.2) is 0 Å². The number of amides is 4. The lowest BCUT2D eigenvalue weighted by atomic mass is 9.78. The van der Waals surface area contributed by atoms with Crippen LogP contribution in [0.2, 0.25) is 0 Å². The van der Waals surface area contributed by atoms with Gasteiger partial charge in [-0.15, -0.1) is 0 Å². The summed E-state index contributed by atoms with van der Waals surface area (Å²) in [4.78, 5) is 31.9. The van der Waals surface area contributed by atoms with Gasteiger partial charge >= 0.3 is 12.1 Å². The molecule has 7 nitrogen and oxygen atoms in total. The number of piperidine rings is 2. The van der Waals surface area contributed by atoms with Gasteiger partial charge in [-0.1, -0.05) is 0 Å². The first-order valence-corrected chi connectivity index (χ1v) is 11.4. The van der Waals surface area contributed by atoms with Crippen LogP contribution in [0.3, 0.4) is 0 Å². The number of hydrogen-bond acceptors (Lipinski definition) is 4. The molecule has 30 heavy (non-hydrogen) atoms. The Hall–Kier alpha value is -1.34. The molecular formula is C23H43N5O2. The van der Waals surface area contributed by atoms with Crippen molar-refractivity contribution in [3.8, 4) is 0 Å². The number of nitrogens with one attached hydrogen (secondary N) is 2. The molecule has 3 rings (SSSR count). The van der Waals surface area contributed by atoms with E-state index >= 15 is 0 Å². The van der Waals surface area contributed by atoms with Crippen molar-refractivity contribution < 1.29 is 9.59 Å². The van der Waals surface area contributed by atoms with E-state index in [2.05, 4.69) is 66.0 Å². The quantitative estimate of drug-likeness (QED) is 0.717. The molecule has 0 aromatic carbocycles. The fourth-order valence-electron chi connectivity index (χ4n) is 6.53. The van der Waals surface area contributed by atoms with Crippen LogP contribution in [0.25, 0.3) is 0 Å². The van der Waals surface area contributed by atoms with Gasteiger partial charge in [0.25, 0.3) is 0 Å². The molecule has 0 spiro atoms. The second kappa shape index (κ2) is 7.37. The minimum atomic E-state index is -0.159. The molecular weight excluding hydrogens is 378 g/mol. The number of carbonyl (C=O) groups excluding carboxylic acids is 2. The van der Waals surface area contributed by atoms with Gasteiger partial charge in [0.2, 0.25) is 0 Å². The standard InChI is InChI=1S/C23H43N5O2/c1-20(2)12-16(13-21(3,4)24-20)27-10-11-28(19(30)26(9)18(27)29)17-14-22(5,6)25-23(7,8)15-17/h16-17,24-25H,10-15H2,1-9H3. The molecule has 0 aromatic rings. The molecule has 3 aliphatic rings. The molecule has 0 radical (unpaired) electrons. The van der Waals surface area contributed by atoms with E-state index in [0.717, 1.165) is 25.7 Å². The van der Waals surface area contributed by atoms with Crippen LogP contribution >= 0.6 is 0 Å². The van der Waals surface area contributed by atoms with Crippen molar-refractivity contribution >= 4 is 12.1 Å². The Kier molecular flexibility index (Phi) is 5.73. The van der Waals surface area contributed by atoms with Crippen molar-refractivity contribution in [3.05, 3.63) is 0 Å². The van der Waals surface area contributed by atoms with Gasteiger partial charge in [0.15, 0.2) is 0 Å². The lowest BCUT2D eigenvalue weighted by Crippen LogP contribution is -2.63. The van der Waals surface area contributed by atoms with Gasteiger partial charge in [0, 0.05) is 54.4 Å². The number of nitrogens with zero attached hydrogens (tertiary/aromatic N) is 3. The van der Waals surface area contributed by atoms with Crippen LogP contribution in [0, 0.1) is 0 Å². The highest BCUT2D eigenvalue weighted by Crippen LogP contribution is 2.35. The van der Waals surface area contributed by atoms with Crippen LogP contribution in [-0.2, 0) is 0 Å². The van der Waals surface area contributed by atoms with E-state index in [1.807, 2.05) is 9.80 Å². The Balaban J connectivity index is 1.83. The van der Waals surface area contributed by atoms with Crippen molar-refractivity contribution in [1.29, 1.82) is 0 Å². The summed E-state index contributed by atoms with van der Waals surface area (Å²) in [6, 6.07) is -0.0679. The van der Waals surface area contributed by atoms with Crippen molar-refractivity contribution in [2.75, 3.05) is 20.1 Å². The Morgan fingerprint density at radius 3 is 1.17 bits per heavy atom. The molecule has 172 valence electrons. The second-order valence-corrected chi connectivity index (χ2v) is 12.4. The third-order valence-electron chi connectivity index (χ3n) is 6.87. The zero-order valence-electron chi connectivity index (χ0n) is 20.6. The molecule has 2 N–H and O–H groups in total. The van der Waals surface area contributed by atoms with Gasteiger partial charge in [-0.25, -0.2) is 14.5 Å². The van der Waals surface area contributed by atoms with Gasteiger partial charge in [-0.3, -0.25) is 0 Å². The molecule has 0 atom stereocenters. The highest BCUT2D eigenvalue weighted by molar-refractivity contribution is 5.94. The minimum Gasteiger partial charge on any atom is -0.319 e. The van der Waals surface area contributed by atoms with Gasteiger partial charge < -0.3 is 20.4 Å². The van der Waals surface area contributed by atoms with Crippen LogP contribution in [0.4, 0.5) is 9.59 Å². The Labute approximate surface area is 182 Å². The van der Waals surface area contributed by atoms with Crippen molar-refractivity contribution in [3.63, 3.8) is 0 Å². The number of hydrogen-bond donors (Lipinski definition) is 2. The lowest BCUT2D eigenvalue weighted by molar-refractivity contribution is 0.0701. The third kappa shape index (κ3) is 4.93. The van der Waals surface area contributed by atoms with Crippen LogP contribution in [0.1, 0.15) is 81.1 Å². The smallest absolute Gasteiger partial charge is 0.319 e. The molecule has 0 aliphatic carbocycles. The summed E-state index contributed by atoms with van der Waals surface area (Å²) >= 11 is 0. The highest BCUT2D eigenvalue weighted by atomic mass is 16.2. The van der Waals surface area contributed by atoms with Gasteiger partial charge in [0.1, 0.15) is 0 Å². The maximum absolute atomic E-state index is 13.3. The van der Waals surface area contributed by atoms with E-state index in [-0.39, 0.29) is 46.3 Å². The first-order chi connectivity index (χ1) is 13.5. The summed E-state index contributed by atoms with van der Waals surface area (Å²) in [7, 11) is 1.64. The van der Waals surface area contributed by atoms with Crippen LogP contribution in [0.5, 0.6) is 0 Å². The summed E-state index contributed by atoms with van der Waals surface area (Å²) in [5.74, 6) is 0. The molecule has 3 saturated heterocycles. The number of urea groups is 2. The van der Waals surface area contributed by atoms with Gasteiger partial charge in [0.05, 0.1) is 0 Å². The topological polar surface area (TPSA) is 67.9 Å². The fourth-order valence-corrected chi connectivity index (χ4v) is 6.53. The van der Waals surface area contributed by atoms with Gasteiger partial charge in [-0.05, 0) is 81.1 Å². The van der Waals surface area contributed by atoms with E-state index in [1.165, 1.54) is 4.90 Å². The maximum atomic E-state index is 13.3. The van der Waals surface area contributed by atoms with E-state index in [0.29, 0.717) is 13.1 Å². The number of imide groups is 1. The predicted octanol–water partition coefficient (Wildman–Crippen LogP) is 3.39. The summed E-state index contributed by atoms with van der Waals surface area (Å²) in [5.41, 5.74) is -0.205. The van der Waals surface area contributed by atoms with E-state index in [4.69, 9.17) is 0 Å². The summed E-state index contributed by atoms with van der Waals surface area (Å²) in [5, 5.41) is 7.39. The maximum Gasteiger partial charge on any atom is 0.328 e. The average Bonchev–Trinajstić information content (AvgIpc) is 2.61. The lowest BCUT2D eigenvalue weighted by Gasteiger charge is -2.50. The molecule has 3 aliphatic heterocycles. The van der Waals surface area contributed by atoms with Crippen molar-refractivity contribution in [1.82, 2.24) is 25.3 Å². The Morgan fingerprint density at radius 2 is 0.900 bits per heavy atom. The molecule has 0 bridgehead atoms. The summed E-state index contributed by atoms with van der Waals surface area (Å²) < 4.78 is 0. The Morgan fingerprint density at radius 1 is 0.633 bits per heavy atom. The average molecular weight is 422 g/mol. The zero-order valence-corrected chi connectivity index (χ0v) is 20.6. The summed E-state index contributed by atoms with van der Waals surface area (Å²) in [6.45, 7) is 18.8. The van der Waals surface area contributed by atoms with E-state index < -0.39 is 0 Å². The molecule has 7 heteroatoms. The molecule has 0 saturated carbocycles. The fraction of sp³-hybridized carbons (Fsp3) is 0.913. The molecule has 4 amide bonds. The minimum absolute atomic E-state index is 0.0512. The van der Waals surface area contributed by atoms with E-state index in [1.54, 1.807) is 7.05 Å². The van der Waals surface area contributed by atoms with Gasteiger partial charge in [-0.2, -0.15) is 0 Å². The zero-order chi connectivity index (χ0) is 22.7. The number of carbonyl (C=O) groups is 2. The largest absolute Gasteiger partial charge is 0.328 e. The monoisotopic (exact) mass is 421 g/mol. The SMILES string of the molecule is CN1C(=O)N(C2CC(C)(C)NC(C)(C)C2)CCN(C2CC(C)(C)NC(C)(C)C2)C1=O. The molecule has 0 aromatic heterocycles.